The van der Waals surface area contributed by atoms with Crippen molar-refractivity contribution in [1.82, 2.24) is 14.6 Å². The second kappa shape index (κ2) is 6.19. The molecule has 0 bridgehead atoms. The third-order valence-electron chi connectivity index (χ3n) is 2.27. The van der Waals surface area contributed by atoms with E-state index < -0.39 is 15.6 Å². The van der Waals surface area contributed by atoms with Gasteiger partial charge < -0.3 is 5.32 Å². The predicted molar refractivity (Wildman–Crippen MR) is 79.6 cm³/mol. The molecule has 0 fully saturated rings. The number of carbonyl (C=O) groups is 1. The molecule has 20 heavy (non-hydrogen) atoms. The maximum Gasteiger partial charge on any atom is 0.244 e. The minimum atomic E-state index is -3.73. The highest BCUT2D eigenvalue weighted by atomic mass is 79.9. The molecule has 0 aliphatic rings. The van der Waals surface area contributed by atoms with E-state index in [1.807, 2.05) is 20.8 Å². The number of rotatable bonds is 4. The summed E-state index contributed by atoms with van der Waals surface area (Å²) in [7, 11) is -2.37. The summed E-state index contributed by atoms with van der Waals surface area (Å²) in [5.41, 5.74) is -0.404. The third kappa shape index (κ3) is 4.84. The van der Waals surface area contributed by atoms with Crippen molar-refractivity contribution >= 4 is 31.9 Å². The van der Waals surface area contributed by atoms with Crippen molar-refractivity contribution in [3.63, 3.8) is 0 Å². The molecule has 0 saturated carbocycles. The molecule has 0 unspecified atom stereocenters. The summed E-state index contributed by atoms with van der Waals surface area (Å²) < 4.78 is 26.1. The lowest BCUT2D eigenvalue weighted by molar-refractivity contribution is -0.122. The van der Waals surface area contributed by atoms with Crippen LogP contribution in [-0.2, 0) is 14.8 Å². The first-order valence-corrected chi connectivity index (χ1v) is 8.13. The van der Waals surface area contributed by atoms with Crippen molar-refractivity contribution in [2.24, 2.45) is 0 Å². The number of nitrogens with one attached hydrogen (secondary N) is 1. The molecular formula is C12H18BrN3O3S. The van der Waals surface area contributed by atoms with Crippen LogP contribution in [0.2, 0.25) is 0 Å². The van der Waals surface area contributed by atoms with Gasteiger partial charge in [-0.05, 0) is 42.8 Å². The highest BCUT2D eigenvalue weighted by Crippen LogP contribution is 2.17. The average Bonchev–Trinajstić information content (AvgIpc) is 2.26. The van der Waals surface area contributed by atoms with Crippen LogP contribution in [0.25, 0.3) is 0 Å². The third-order valence-corrected chi connectivity index (χ3v) is 4.47. The minimum Gasteiger partial charge on any atom is -0.350 e. The van der Waals surface area contributed by atoms with Crippen LogP contribution in [0, 0.1) is 0 Å². The van der Waals surface area contributed by atoms with Crippen LogP contribution in [0.3, 0.4) is 0 Å². The van der Waals surface area contributed by atoms with Crippen LogP contribution in [0.4, 0.5) is 0 Å². The van der Waals surface area contributed by atoms with Crippen LogP contribution in [0.5, 0.6) is 0 Å². The molecule has 8 heteroatoms. The molecule has 0 saturated heterocycles. The van der Waals surface area contributed by atoms with E-state index >= 15 is 0 Å². The molecule has 0 spiro atoms. The Morgan fingerprint density at radius 3 is 2.50 bits per heavy atom. The van der Waals surface area contributed by atoms with Crippen molar-refractivity contribution in [3.05, 3.63) is 22.9 Å². The number of carbonyl (C=O) groups excluding carboxylic acids is 1. The summed E-state index contributed by atoms with van der Waals surface area (Å²) in [5.74, 6) is -0.355. The Kier molecular flexibility index (Phi) is 5.28. The van der Waals surface area contributed by atoms with Gasteiger partial charge in [0.15, 0.2) is 0 Å². The average molecular weight is 364 g/mol. The fourth-order valence-electron chi connectivity index (χ4n) is 1.46. The summed E-state index contributed by atoms with van der Waals surface area (Å²) in [4.78, 5) is 15.6. The van der Waals surface area contributed by atoms with Gasteiger partial charge >= 0.3 is 0 Å². The summed E-state index contributed by atoms with van der Waals surface area (Å²) >= 11 is 3.17. The Hall–Kier alpha value is -0.990. The number of amides is 1. The van der Waals surface area contributed by atoms with Crippen molar-refractivity contribution in [2.75, 3.05) is 13.6 Å². The van der Waals surface area contributed by atoms with E-state index in [0.717, 1.165) is 4.31 Å². The molecule has 112 valence electrons. The highest BCUT2D eigenvalue weighted by molar-refractivity contribution is 9.10. The van der Waals surface area contributed by atoms with Crippen LogP contribution in [-0.4, -0.2) is 42.7 Å². The Balaban J connectivity index is 2.86. The number of hydrogen-bond acceptors (Lipinski definition) is 4. The predicted octanol–water partition coefficient (Wildman–Crippen LogP) is 1.38. The smallest absolute Gasteiger partial charge is 0.244 e. The van der Waals surface area contributed by atoms with Gasteiger partial charge in [-0.15, -0.1) is 0 Å². The topological polar surface area (TPSA) is 79.4 Å². The Morgan fingerprint density at radius 2 is 2.00 bits per heavy atom. The van der Waals surface area contributed by atoms with Crippen molar-refractivity contribution < 1.29 is 13.2 Å². The monoisotopic (exact) mass is 363 g/mol. The molecule has 1 amide bonds. The van der Waals surface area contributed by atoms with Gasteiger partial charge in [-0.2, -0.15) is 4.31 Å². The lowest BCUT2D eigenvalue weighted by Gasteiger charge is -2.23. The maximum absolute atomic E-state index is 12.3. The molecule has 0 aliphatic carbocycles. The normalized spacial score (nSPS) is 12.5. The largest absolute Gasteiger partial charge is 0.350 e. The number of nitrogens with zero attached hydrogens (tertiary/aromatic N) is 2. The van der Waals surface area contributed by atoms with E-state index in [-0.39, 0.29) is 17.3 Å². The minimum absolute atomic E-state index is 0.0398. The van der Waals surface area contributed by atoms with E-state index in [9.17, 15) is 13.2 Å². The molecule has 6 nitrogen and oxygen atoms in total. The number of likely N-dealkylation sites (N-methyl/N-ethyl adjacent to an activating group) is 1. The number of aromatic nitrogens is 1. The van der Waals surface area contributed by atoms with Gasteiger partial charge in [-0.1, -0.05) is 0 Å². The van der Waals surface area contributed by atoms with Crippen LogP contribution in [0.15, 0.2) is 27.8 Å². The number of pyridine rings is 1. The standard InChI is InChI=1S/C12H18BrN3O3S/c1-12(2,3)15-11(17)8-16(4)20(18,19)10-5-9(13)6-14-7-10/h5-7H,8H2,1-4H3,(H,15,17). The second-order valence-corrected chi connectivity index (χ2v) is 8.36. The van der Waals surface area contributed by atoms with Crippen LogP contribution in [0.1, 0.15) is 20.8 Å². The van der Waals surface area contributed by atoms with E-state index in [0.29, 0.717) is 4.47 Å². The number of sulfonamides is 1. The molecule has 1 rings (SSSR count). The summed E-state index contributed by atoms with van der Waals surface area (Å²) in [5, 5.41) is 2.72. The molecule has 1 N–H and O–H groups in total. The molecule has 1 aromatic heterocycles. The van der Waals surface area contributed by atoms with Gasteiger partial charge in [0.2, 0.25) is 15.9 Å². The Morgan fingerprint density at radius 1 is 1.40 bits per heavy atom. The molecule has 1 aromatic rings. The highest BCUT2D eigenvalue weighted by Gasteiger charge is 2.24. The zero-order chi connectivity index (χ0) is 15.6. The van der Waals surface area contributed by atoms with Gasteiger partial charge in [0, 0.05) is 29.5 Å². The van der Waals surface area contributed by atoms with Gasteiger partial charge in [-0.3, -0.25) is 9.78 Å². The Bertz CT molecular complexity index is 596. The van der Waals surface area contributed by atoms with E-state index in [4.69, 9.17) is 0 Å². The van der Waals surface area contributed by atoms with Gasteiger partial charge in [0.1, 0.15) is 4.90 Å². The quantitative estimate of drug-likeness (QED) is 0.876. The number of halogens is 1. The van der Waals surface area contributed by atoms with Crippen LogP contribution < -0.4 is 5.32 Å². The van der Waals surface area contributed by atoms with E-state index in [2.05, 4.69) is 26.2 Å². The molecular weight excluding hydrogens is 346 g/mol. The second-order valence-electron chi connectivity index (χ2n) is 5.40. The first-order chi connectivity index (χ1) is 9.02. The van der Waals surface area contributed by atoms with Crippen molar-refractivity contribution in [1.29, 1.82) is 0 Å². The zero-order valence-electron chi connectivity index (χ0n) is 11.8. The molecule has 0 aromatic carbocycles. The lowest BCUT2D eigenvalue weighted by atomic mass is 10.1. The molecule has 0 radical (unpaired) electrons. The molecule has 0 atom stereocenters. The molecule has 0 aliphatic heterocycles. The zero-order valence-corrected chi connectivity index (χ0v) is 14.2. The SMILES string of the molecule is CN(CC(=O)NC(C)(C)C)S(=O)(=O)c1cncc(Br)c1. The Labute approximate surface area is 127 Å². The summed E-state index contributed by atoms with van der Waals surface area (Å²) in [6, 6.07) is 1.44. The summed E-state index contributed by atoms with van der Waals surface area (Å²) in [6.45, 7) is 5.25. The van der Waals surface area contributed by atoms with Gasteiger partial charge in [-0.25, -0.2) is 8.42 Å². The van der Waals surface area contributed by atoms with Gasteiger partial charge in [0.25, 0.3) is 0 Å². The summed E-state index contributed by atoms with van der Waals surface area (Å²) in [6.07, 6.45) is 2.74. The van der Waals surface area contributed by atoms with E-state index in [1.54, 1.807) is 0 Å². The first-order valence-electron chi connectivity index (χ1n) is 5.90. The van der Waals surface area contributed by atoms with Crippen molar-refractivity contribution in [3.8, 4) is 0 Å². The fraction of sp³-hybridized carbons (Fsp3) is 0.500. The van der Waals surface area contributed by atoms with E-state index in [1.165, 1.54) is 25.5 Å². The maximum atomic E-state index is 12.3. The number of hydrogen-bond donors (Lipinski definition) is 1. The first kappa shape index (κ1) is 17.1. The van der Waals surface area contributed by atoms with Gasteiger partial charge in [0.05, 0.1) is 6.54 Å². The van der Waals surface area contributed by atoms with Crippen molar-refractivity contribution in [2.45, 2.75) is 31.2 Å². The van der Waals surface area contributed by atoms with Crippen LogP contribution >= 0.6 is 15.9 Å². The molecule has 1 heterocycles. The fourth-order valence-corrected chi connectivity index (χ4v) is 3.09. The lowest BCUT2D eigenvalue weighted by Crippen LogP contribution is -2.46.